The monoisotopic (exact) mass is 710 g/mol. The van der Waals surface area contributed by atoms with Gasteiger partial charge in [0.15, 0.2) is 5.82 Å². The highest BCUT2D eigenvalue weighted by Crippen LogP contribution is 2.35. The zero-order valence-electron chi connectivity index (χ0n) is 30.1. The number of hydrogen-bond acceptors (Lipinski definition) is 8. The second kappa shape index (κ2) is 14.2. The summed E-state index contributed by atoms with van der Waals surface area (Å²) in [5.74, 6) is 2.14. The van der Waals surface area contributed by atoms with E-state index in [9.17, 15) is 9.59 Å². The fourth-order valence-corrected chi connectivity index (χ4v) is 7.11. The molecule has 12 heteroatoms. The van der Waals surface area contributed by atoms with E-state index in [1.165, 1.54) is 0 Å². The van der Waals surface area contributed by atoms with E-state index < -0.39 is 5.60 Å². The number of ether oxygens (including phenoxy) is 2. The molecule has 2 aliphatic rings. The molecule has 0 bridgehead atoms. The molecule has 3 aromatic carbocycles. The second-order valence-corrected chi connectivity index (χ2v) is 14.6. The number of nitrogens with one attached hydrogen (secondary N) is 2. The van der Waals surface area contributed by atoms with E-state index in [0.717, 1.165) is 81.9 Å². The number of fused-ring (bicyclic) bond motifs is 1. The molecule has 12 nitrogen and oxygen atoms in total. The van der Waals surface area contributed by atoms with Gasteiger partial charge in [0.1, 0.15) is 23.9 Å². The number of carbonyl (C=O) groups is 2. The number of rotatable bonds is 7. The van der Waals surface area contributed by atoms with Crippen molar-refractivity contribution in [1.29, 1.82) is 0 Å². The molecule has 270 valence electrons. The van der Waals surface area contributed by atoms with Crippen LogP contribution in [-0.2, 0) is 16.1 Å². The fourth-order valence-electron chi connectivity index (χ4n) is 7.11. The largest absolute Gasteiger partial charge is 0.445 e. The van der Waals surface area contributed by atoms with Crippen LogP contribution in [0.5, 0.6) is 0 Å². The summed E-state index contributed by atoms with van der Waals surface area (Å²) < 4.78 is 11.3. The Labute approximate surface area is 307 Å². The first-order valence-electron chi connectivity index (χ1n) is 18.1. The van der Waals surface area contributed by atoms with Crippen LogP contribution in [0.25, 0.3) is 44.8 Å². The highest BCUT2D eigenvalue weighted by Gasteiger charge is 2.35. The average molecular weight is 711 g/mol. The predicted octanol–water partition coefficient (Wildman–Crippen LogP) is 8.62. The average Bonchev–Trinajstić information content (AvgIpc) is 4.00. The SMILES string of the molecule is CC(C)(C)OC(=O)N1CCCC1c1nc2ccc(-c3cnc(-c4ccc(-c5cnc(C6CCCN6C(=O)OCc6ccccc6)[nH]5)cc4)nc3)cc2[nH]1. The number of amides is 2. The van der Waals surface area contributed by atoms with Crippen LogP contribution in [0.2, 0.25) is 0 Å². The van der Waals surface area contributed by atoms with Gasteiger partial charge in [-0.3, -0.25) is 9.80 Å². The summed E-state index contributed by atoms with van der Waals surface area (Å²) >= 11 is 0. The van der Waals surface area contributed by atoms with Gasteiger partial charge in [0.25, 0.3) is 0 Å². The van der Waals surface area contributed by atoms with Gasteiger partial charge in [-0.15, -0.1) is 0 Å². The maximum atomic E-state index is 12.9. The van der Waals surface area contributed by atoms with Crippen molar-refractivity contribution in [2.24, 2.45) is 0 Å². The van der Waals surface area contributed by atoms with E-state index in [1.54, 1.807) is 9.80 Å². The molecule has 0 spiro atoms. The molecule has 2 aliphatic heterocycles. The number of aromatic amines is 2. The number of likely N-dealkylation sites (tertiary alicyclic amines) is 2. The maximum absolute atomic E-state index is 12.9. The Morgan fingerprint density at radius 1 is 0.736 bits per heavy atom. The maximum Gasteiger partial charge on any atom is 0.410 e. The number of hydrogen-bond donors (Lipinski definition) is 2. The van der Waals surface area contributed by atoms with Crippen molar-refractivity contribution in [3.8, 4) is 33.8 Å². The van der Waals surface area contributed by atoms with E-state index in [2.05, 4.69) is 24.9 Å². The normalized spacial score (nSPS) is 17.4. The summed E-state index contributed by atoms with van der Waals surface area (Å²) in [5, 5.41) is 0. The van der Waals surface area contributed by atoms with Gasteiger partial charge in [0.05, 0.1) is 35.0 Å². The molecule has 2 N–H and O–H groups in total. The van der Waals surface area contributed by atoms with Crippen LogP contribution in [0.3, 0.4) is 0 Å². The standard InChI is InChI=1S/C41H42N8O4/c1-41(2,3)53-40(51)49-20-8-12-35(49)38-45-31-18-17-29(21-32(31)46-38)30-22-42-36(43-23-30)28-15-13-27(14-16-28)33-24-44-37(47-33)34-11-7-19-48(34)39(50)52-25-26-9-5-4-6-10-26/h4-6,9-10,13-18,21-24,34-35H,7-8,11-12,19-20,25H2,1-3H3,(H,44,47)(H,45,46). The first kappa shape index (κ1) is 34.1. The lowest BCUT2D eigenvalue weighted by atomic mass is 10.1. The first-order chi connectivity index (χ1) is 25.7. The third-order valence-corrected chi connectivity index (χ3v) is 9.74. The Bertz CT molecular complexity index is 2220. The minimum Gasteiger partial charge on any atom is -0.445 e. The molecule has 2 amide bonds. The van der Waals surface area contributed by atoms with Gasteiger partial charge >= 0.3 is 12.2 Å². The minimum atomic E-state index is -0.555. The zero-order chi connectivity index (χ0) is 36.5. The van der Waals surface area contributed by atoms with Gasteiger partial charge in [-0.05, 0) is 75.3 Å². The van der Waals surface area contributed by atoms with Gasteiger partial charge in [-0.2, -0.15) is 0 Å². The Hall–Kier alpha value is -6.04. The van der Waals surface area contributed by atoms with Crippen LogP contribution in [0.15, 0.2) is 91.4 Å². The lowest BCUT2D eigenvalue weighted by molar-refractivity contribution is 0.0218. The Kier molecular flexibility index (Phi) is 9.11. The quantitative estimate of drug-likeness (QED) is 0.168. The lowest BCUT2D eigenvalue weighted by Crippen LogP contribution is -2.36. The molecular weight excluding hydrogens is 669 g/mol. The van der Waals surface area contributed by atoms with E-state index in [1.807, 2.05) is 112 Å². The topological polar surface area (TPSA) is 142 Å². The zero-order valence-corrected chi connectivity index (χ0v) is 30.1. The highest BCUT2D eigenvalue weighted by atomic mass is 16.6. The van der Waals surface area contributed by atoms with E-state index >= 15 is 0 Å². The van der Waals surface area contributed by atoms with Crippen LogP contribution in [-0.4, -0.2) is 70.6 Å². The molecule has 2 fully saturated rings. The van der Waals surface area contributed by atoms with Crippen molar-refractivity contribution >= 4 is 23.2 Å². The lowest BCUT2D eigenvalue weighted by Gasteiger charge is -2.27. The molecule has 8 rings (SSSR count). The molecule has 3 aromatic heterocycles. The van der Waals surface area contributed by atoms with Crippen molar-refractivity contribution in [2.45, 2.75) is 70.7 Å². The van der Waals surface area contributed by atoms with Crippen LogP contribution in [0, 0.1) is 0 Å². The van der Waals surface area contributed by atoms with Crippen molar-refractivity contribution < 1.29 is 19.1 Å². The Balaban J connectivity index is 0.919. The van der Waals surface area contributed by atoms with E-state index in [4.69, 9.17) is 14.5 Å². The van der Waals surface area contributed by atoms with Gasteiger partial charge in [0.2, 0.25) is 0 Å². The van der Waals surface area contributed by atoms with Crippen molar-refractivity contribution in [2.75, 3.05) is 13.1 Å². The predicted molar refractivity (Wildman–Crippen MR) is 200 cm³/mol. The molecular formula is C41H42N8O4. The number of H-pyrrole nitrogens is 2. The Morgan fingerprint density at radius 2 is 1.40 bits per heavy atom. The third kappa shape index (κ3) is 7.35. The molecule has 2 saturated heterocycles. The molecule has 2 atom stereocenters. The molecule has 2 unspecified atom stereocenters. The molecule has 6 aromatic rings. The number of benzene rings is 3. The van der Waals surface area contributed by atoms with Crippen molar-refractivity contribution in [3.63, 3.8) is 0 Å². The number of carbonyl (C=O) groups excluding carboxylic acids is 2. The number of nitrogens with zero attached hydrogens (tertiary/aromatic N) is 6. The smallest absolute Gasteiger partial charge is 0.410 e. The fraction of sp³-hybridized carbons (Fsp3) is 0.317. The molecule has 0 saturated carbocycles. The molecule has 0 aliphatic carbocycles. The number of aromatic nitrogens is 6. The summed E-state index contributed by atoms with van der Waals surface area (Å²) in [6.07, 6.45) is 8.28. The first-order valence-corrected chi connectivity index (χ1v) is 18.1. The molecule has 53 heavy (non-hydrogen) atoms. The highest BCUT2D eigenvalue weighted by molar-refractivity contribution is 5.82. The van der Waals surface area contributed by atoms with Gasteiger partial charge in [-0.25, -0.2) is 29.5 Å². The number of imidazole rings is 2. The minimum absolute atomic E-state index is 0.149. The van der Waals surface area contributed by atoms with Crippen LogP contribution >= 0.6 is 0 Å². The van der Waals surface area contributed by atoms with E-state index in [0.29, 0.717) is 18.9 Å². The molecule has 0 radical (unpaired) electrons. The summed E-state index contributed by atoms with van der Waals surface area (Å²) in [7, 11) is 0. The van der Waals surface area contributed by atoms with Gasteiger partial charge in [-0.1, -0.05) is 60.7 Å². The van der Waals surface area contributed by atoms with Gasteiger partial charge < -0.3 is 19.4 Å². The summed E-state index contributed by atoms with van der Waals surface area (Å²) in [6.45, 7) is 7.16. The third-order valence-electron chi connectivity index (χ3n) is 9.74. The Morgan fingerprint density at radius 3 is 2.11 bits per heavy atom. The summed E-state index contributed by atoms with van der Waals surface area (Å²) in [5.41, 5.74) is 6.71. The van der Waals surface area contributed by atoms with Crippen LogP contribution < -0.4 is 0 Å². The summed E-state index contributed by atoms with van der Waals surface area (Å²) in [4.78, 5) is 55.1. The van der Waals surface area contributed by atoms with Crippen LogP contribution in [0.4, 0.5) is 9.59 Å². The summed E-state index contributed by atoms with van der Waals surface area (Å²) in [6, 6.07) is 23.4. The van der Waals surface area contributed by atoms with Crippen molar-refractivity contribution in [3.05, 3.63) is 109 Å². The molecule has 5 heterocycles. The second-order valence-electron chi connectivity index (χ2n) is 14.6. The van der Waals surface area contributed by atoms with E-state index in [-0.39, 0.29) is 30.9 Å². The van der Waals surface area contributed by atoms with Crippen molar-refractivity contribution in [1.82, 2.24) is 39.7 Å². The van der Waals surface area contributed by atoms with Gasteiger partial charge in [0, 0.05) is 36.6 Å². The van der Waals surface area contributed by atoms with Crippen LogP contribution in [0.1, 0.15) is 75.8 Å².